The molecule has 0 aromatic carbocycles. The van der Waals surface area contributed by atoms with Crippen molar-refractivity contribution in [2.24, 2.45) is 17.0 Å². The van der Waals surface area contributed by atoms with E-state index in [1.807, 2.05) is 10.8 Å². The molecule has 4 heteroatoms. The van der Waals surface area contributed by atoms with E-state index in [1.165, 1.54) is 5.71 Å². The van der Waals surface area contributed by atoms with Gasteiger partial charge in [-0.25, -0.2) is 0 Å². The molecule has 2 rings (SSSR count). The van der Waals surface area contributed by atoms with Gasteiger partial charge in [0.15, 0.2) is 0 Å². The first-order chi connectivity index (χ1) is 11.3. The van der Waals surface area contributed by atoms with Crippen LogP contribution in [0.2, 0.25) is 0 Å². The van der Waals surface area contributed by atoms with E-state index in [4.69, 9.17) is 4.84 Å². The molecular weight excluding hydrogens is 300 g/mol. The Kier molecular flexibility index (Phi) is 6.25. The maximum Gasteiger partial charge on any atom is 0.251 e. The van der Waals surface area contributed by atoms with Gasteiger partial charge in [-0.3, -0.25) is 4.79 Å². The Balaban J connectivity index is 1.91. The largest absolute Gasteiger partial charge is 0.392 e. The van der Waals surface area contributed by atoms with Gasteiger partial charge in [0.1, 0.15) is 6.10 Å². The van der Waals surface area contributed by atoms with E-state index in [-0.39, 0.29) is 17.7 Å². The van der Waals surface area contributed by atoms with E-state index >= 15 is 0 Å². The van der Waals surface area contributed by atoms with Gasteiger partial charge in [-0.15, -0.1) is 0 Å². The van der Waals surface area contributed by atoms with Gasteiger partial charge in [-0.1, -0.05) is 39.8 Å². The summed E-state index contributed by atoms with van der Waals surface area (Å²) in [4.78, 5) is 17.9. The summed E-state index contributed by atoms with van der Waals surface area (Å²) in [5.41, 5.74) is 2.38. The van der Waals surface area contributed by atoms with Crippen LogP contribution < -0.4 is 5.56 Å². The molecule has 0 saturated carbocycles. The summed E-state index contributed by atoms with van der Waals surface area (Å²) in [7, 11) is 0. The van der Waals surface area contributed by atoms with Crippen LogP contribution >= 0.6 is 0 Å². The molecule has 4 nitrogen and oxygen atoms in total. The van der Waals surface area contributed by atoms with Crippen molar-refractivity contribution >= 4 is 5.71 Å². The van der Waals surface area contributed by atoms with Crippen molar-refractivity contribution in [3.63, 3.8) is 0 Å². The lowest BCUT2D eigenvalue weighted by molar-refractivity contribution is 0.0521. The number of rotatable bonds is 7. The molecule has 0 aliphatic carbocycles. The second-order valence-corrected chi connectivity index (χ2v) is 7.86. The molecule has 0 fully saturated rings. The average Bonchev–Trinajstić information content (AvgIpc) is 3.02. The van der Waals surface area contributed by atoms with Crippen molar-refractivity contribution in [3.05, 3.63) is 34.2 Å². The van der Waals surface area contributed by atoms with Crippen LogP contribution in [0.3, 0.4) is 0 Å². The van der Waals surface area contributed by atoms with Crippen molar-refractivity contribution in [1.29, 1.82) is 0 Å². The first-order valence-electron chi connectivity index (χ1n) is 9.24. The second kappa shape index (κ2) is 8.00. The lowest BCUT2D eigenvalue weighted by Gasteiger charge is -2.18. The monoisotopic (exact) mass is 332 g/mol. The molecule has 0 spiro atoms. The third-order valence-corrected chi connectivity index (χ3v) is 5.16. The topological polar surface area (TPSA) is 43.6 Å². The van der Waals surface area contributed by atoms with Crippen LogP contribution in [-0.4, -0.2) is 16.4 Å². The van der Waals surface area contributed by atoms with Crippen LogP contribution in [0.15, 0.2) is 28.3 Å². The van der Waals surface area contributed by atoms with Gasteiger partial charge in [0.2, 0.25) is 0 Å². The van der Waals surface area contributed by atoms with Gasteiger partial charge in [0.05, 0.1) is 5.71 Å². The molecule has 0 amide bonds. The molecule has 24 heavy (non-hydrogen) atoms. The van der Waals surface area contributed by atoms with Gasteiger partial charge in [0.25, 0.3) is 5.56 Å². The quantitative estimate of drug-likeness (QED) is 0.723. The van der Waals surface area contributed by atoms with E-state index in [0.717, 1.165) is 24.8 Å². The van der Waals surface area contributed by atoms with Gasteiger partial charge in [-0.05, 0) is 49.1 Å². The lowest BCUT2D eigenvalue weighted by Crippen LogP contribution is -2.24. The number of nitrogens with zero attached hydrogens (tertiary/aromatic N) is 2. The fraction of sp³-hybridized carbons (Fsp3) is 0.700. The van der Waals surface area contributed by atoms with Crippen LogP contribution in [0.4, 0.5) is 0 Å². The van der Waals surface area contributed by atoms with Gasteiger partial charge in [-0.2, -0.15) is 0 Å². The Bertz CT molecular complexity index is 631. The number of hydrogen-bond acceptors (Lipinski definition) is 3. The number of oxime groups is 1. The normalized spacial score (nSPS) is 20.2. The molecule has 0 N–H and O–H groups in total. The molecule has 0 radical (unpaired) electrons. The third kappa shape index (κ3) is 4.49. The summed E-state index contributed by atoms with van der Waals surface area (Å²) in [5, 5.41) is 4.29. The Morgan fingerprint density at radius 2 is 1.92 bits per heavy atom. The van der Waals surface area contributed by atoms with Crippen molar-refractivity contribution in [2.75, 3.05) is 0 Å². The fourth-order valence-corrected chi connectivity index (χ4v) is 3.09. The molecule has 2 heterocycles. The van der Waals surface area contributed by atoms with Gasteiger partial charge < -0.3 is 9.40 Å². The first kappa shape index (κ1) is 18.8. The minimum absolute atomic E-state index is 0.0998. The summed E-state index contributed by atoms with van der Waals surface area (Å²) >= 11 is 0. The minimum atomic E-state index is 0.0998. The molecule has 134 valence electrons. The Morgan fingerprint density at radius 1 is 1.21 bits per heavy atom. The maximum atomic E-state index is 12.3. The standard InChI is InChI=1S/C20H32N2O2/c1-13(2)17-9-10-22(20(23)11-17)16(6)8-7-15(5)18-12-19(14(3)4)24-21-18/h9-11,13-16,19H,7-8,12H2,1-6H3. The molecule has 1 aliphatic heterocycles. The van der Waals surface area contributed by atoms with Gasteiger partial charge >= 0.3 is 0 Å². The molecule has 1 aromatic rings. The fourth-order valence-electron chi connectivity index (χ4n) is 3.09. The van der Waals surface area contributed by atoms with E-state index in [9.17, 15) is 4.79 Å². The van der Waals surface area contributed by atoms with E-state index in [0.29, 0.717) is 17.8 Å². The zero-order valence-corrected chi connectivity index (χ0v) is 16.0. The van der Waals surface area contributed by atoms with Crippen LogP contribution in [0.1, 0.15) is 78.3 Å². The Hall–Kier alpha value is -1.58. The summed E-state index contributed by atoms with van der Waals surface area (Å²) in [6.45, 7) is 12.9. The zero-order chi connectivity index (χ0) is 17.9. The minimum Gasteiger partial charge on any atom is -0.392 e. The SMILES string of the molecule is CC(CCC(C)n1ccc(C(C)C)cc1=O)C1=NOC(C(C)C)C1. The number of hydrogen-bond donors (Lipinski definition) is 0. The Labute approximate surface area is 145 Å². The van der Waals surface area contributed by atoms with Crippen molar-refractivity contribution in [3.8, 4) is 0 Å². The predicted octanol–water partition coefficient (Wildman–Crippen LogP) is 4.75. The summed E-state index contributed by atoms with van der Waals surface area (Å²) in [5.74, 6) is 1.29. The zero-order valence-electron chi connectivity index (χ0n) is 16.0. The van der Waals surface area contributed by atoms with Crippen LogP contribution in [0, 0.1) is 11.8 Å². The second-order valence-electron chi connectivity index (χ2n) is 7.86. The van der Waals surface area contributed by atoms with Gasteiger partial charge in [0, 0.05) is 24.7 Å². The number of aromatic nitrogens is 1. The van der Waals surface area contributed by atoms with E-state index < -0.39 is 0 Å². The highest BCUT2D eigenvalue weighted by atomic mass is 16.6. The highest BCUT2D eigenvalue weighted by molar-refractivity contribution is 5.87. The third-order valence-electron chi connectivity index (χ3n) is 5.16. The van der Waals surface area contributed by atoms with Crippen LogP contribution in [0.25, 0.3) is 0 Å². The maximum absolute atomic E-state index is 12.3. The van der Waals surface area contributed by atoms with E-state index in [1.54, 1.807) is 6.07 Å². The van der Waals surface area contributed by atoms with E-state index in [2.05, 4.69) is 52.8 Å². The molecule has 0 bridgehead atoms. The van der Waals surface area contributed by atoms with Crippen molar-refractivity contribution in [2.45, 2.75) is 78.9 Å². The number of pyridine rings is 1. The van der Waals surface area contributed by atoms with Crippen LogP contribution in [-0.2, 0) is 4.84 Å². The summed E-state index contributed by atoms with van der Waals surface area (Å²) in [6.07, 6.45) is 5.10. The lowest BCUT2D eigenvalue weighted by atomic mass is 9.92. The predicted molar refractivity (Wildman–Crippen MR) is 99.7 cm³/mol. The highest BCUT2D eigenvalue weighted by Gasteiger charge is 2.27. The summed E-state index contributed by atoms with van der Waals surface area (Å²) in [6, 6.07) is 4.03. The molecule has 3 atom stereocenters. The van der Waals surface area contributed by atoms with Crippen molar-refractivity contribution < 1.29 is 4.84 Å². The smallest absolute Gasteiger partial charge is 0.251 e. The highest BCUT2D eigenvalue weighted by Crippen LogP contribution is 2.25. The molecule has 1 aromatic heterocycles. The average molecular weight is 332 g/mol. The van der Waals surface area contributed by atoms with Crippen molar-refractivity contribution in [1.82, 2.24) is 4.57 Å². The van der Waals surface area contributed by atoms with Crippen LogP contribution in [0.5, 0.6) is 0 Å². The molecule has 1 aliphatic rings. The molecular formula is C20H32N2O2. The Morgan fingerprint density at radius 3 is 2.46 bits per heavy atom. The summed E-state index contributed by atoms with van der Waals surface area (Å²) < 4.78 is 1.85. The first-order valence-corrected chi connectivity index (χ1v) is 9.24. The molecule has 0 saturated heterocycles. The molecule has 3 unspecified atom stereocenters.